The van der Waals surface area contributed by atoms with Crippen molar-refractivity contribution in [3.63, 3.8) is 0 Å². The van der Waals surface area contributed by atoms with Crippen LogP contribution in [-0.2, 0) is 0 Å². The molecule has 0 saturated heterocycles. The largest absolute Gasteiger partial charge is 0.421 e. The lowest BCUT2D eigenvalue weighted by molar-refractivity contribution is 0.196. The number of para-hydroxylation sites is 2. The lowest BCUT2D eigenvalue weighted by Gasteiger charge is -2.36. The number of anilines is 1. The average Bonchev–Trinajstić information content (AvgIpc) is 2.47. The molecule has 5 heteroatoms. The van der Waals surface area contributed by atoms with Crippen LogP contribution in [0.5, 0.6) is 5.75 Å². The molecular weight excluding hydrogens is 254 g/mol. The molecule has 0 fully saturated rings. The Morgan fingerprint density at radius 3 is 2.60 bits per heavy atom. The minimum absolute atomic E-state index is 0.444. The smallest absolute Gasteiger partial charge is 0.409 e. The minimum atomic E-state index is -0.450. The number of benzene rings is 2. The number of nitrogens with two attached hydrogens (primary N) is 1. The summed E-state index contributed by atoms with van der Waals surface area (Å²) >= 11 is 0. The van der Waals surface area contributed by atoms with E-state index in [0.29, 0.717) is 5.75 Å². The Morgan fingerprint density at radius 1 is 1.15 bits per heavy atom. The van der Waals surface area contributed by atoms with E-state index in [9.17, 15) is 4.79 Å². The molecule has 2 aromatic rings. The predicted octanol–water partition coefficient (Wildman–Crippen LogP) is 2.48. The summed E-state index contributed by atoms with van der Waals surface area (Å²) in [7, 11) is 0. The first-order valence-corrected chi connectivity index (χ1v) is 6.34. The lowest BCUT2D eigenvalue weighted by atomic mass is 10.1. The van der Waals surface area contributed by atoms with Crippen LogP contribution in [0.3, 0.4) is 0 Å². The molecule has 2 aromatic carbocycles. The molecule has 1 atom stereocenters. The van der Waals surface area contributed by atoms with E-state index in [2.05, 4.69) is 5.43 Å². The molecule has 0 spiro atoms. The van der Waals surface area contributed by atoms with Gasteiger partial charge in [0.25, 0.3) is 0 Å². The molecule has 20 heavy (non-hydrogen) atoms. The molecule has 0 aromatic heterocycles. The normalized spacial score (nSPS) is 17.6. The highest BCUT2D eigenvalue weighted by atomic mass is 16.6. The van der Waals surface area contributed by atoms with Crippen molar-refractivity contribution in [2.24, 2.45) is 5.84 Å². The van der Waals surface area contributed by atoms with E-state index < -0.39 is 12.3 Å². The Bertz CT molecular complexity index is 657. The molecule has 1 aliphatic heterocycles. The number of carbonyl (C=O) groups is 1. The Kier molecular flexibility index (Phi) is 3.14. The number of hydrogen-bond donors (Lipinski definition) is 2. The zero-order valence-corrected chi connectivity index (χ0v) is 11.0. The second-order valence-corrected chi connectivity index (χ2v) is 4.63. The molecule has 1 unspecified atom stereocenters. The Labute approximate surface area is 116 Å². The lowest BCUT2D eigenvalue weighted by Crippen LogP contribution is -2.49. The van der Waals surface area contributed by atoms with Crippen LogP contribution in [0.2, 0.25) is 0 Å². The predicted molar refractivity (Wildman–Crippen MR) is 76.2 cm³/mol. The number of hydrogen-bond acceptors (Lipinski definition) is 4. The van der Waals surface area contributed by atoms with Gasteiger partial charge in [-0.1, -0.05) is 36.4 Å². The van der Waals surface area contributed by atoms with Crippen molar-refractivity contribution in [1.82, 2.24) is 5.43 Å². The van der Waals surface area contributed by atoms with E-state index in [1.807, 2.05) is 49.4 Å². The van der Waals surface area contributed by atoms with Gasteiger partial charge in [-0.25, -0.2) is 10.2 Å². The number of fused-ring (bicyclic) bond motifs is 1. The van der Waals surface area contributed by atoms with Crippen molar-refractivity contribution in [3.05, 3.63) is 59.7 Å². The third kappa shape index (κ3) is 1.93. The monoisotopic (exact) mass is 269 g/mol. The summed E-state index contributed by atoms with van der Waals surface area (Å²) in [6.45, 7) is 1.94. The molecule has 1 heterocycles. The van der Waals surface area contributed by atoms with Crippen LogP contribution < -0.4 is 20.9 Å². The molecule has 3 N–H and O–H groups in total. The standard InChI is InChI=1S/C15H15N3O2/c1-10-6-2-4-8-12(10)18-14(17-16)11-7-3-5-9-13(11)20-15(18)19/h2-9,14,17H,16H2,1H3. The fourth-order valence-corrected chi connectivity index (χ4v) is 2.42. The average molecular weight is 269 g/mol. The van der Waals surface area contributed by atoms with Crippen molar-refractivity contribution < 1.29 is 9.53 Å². The highest BCUT2D eigenvalue weighted by molar-refractivity contribution is 5.92. The zero-order valence-electron chi connectivity index (χ0n) is 11.0. The minimum Gasteiger partial charge on any atom is -0.409 e. The van der Waals surface area contributed by atoms with Crippen LogP contribution in [0, 0.1) is 6.92 Å². The molecule has 1 aliphatic rings. The van der Waals surface area contributed by atoms with Crippen molar-refractivity contribution in [1.29, 1.82) is 0 Å². The van der Waals surface area contributed by atoms with Gasteiger partial charge in [0.15, 0.2) is 0 Å². The van der Waals surface area contributed by atoms with Gasteiger partial charge in [-0.05, 0) is 24.6 Å². The number of nitrogens with zero attached hydrogens (tertiary/aromatic N) is 1. The first-order valence-electron chi connectivity index (χ1n) is 6.34. The number of rotatable bonds is 2. The Balaban J connectivity index is 2.12. The fraction of sp³-hybridized carbons (Fsp3) is 0.133. The highest BCUT2D eigenvalue weighted by Gasteiger charge is 2.35. The quantitative estimate of drug-likeness (QED) is 0.649. The molecule has 0 saturated carbocycles. The van der Waals surface area contributed by atoms with Crippen LogP contribution in [0.4, 0.5) is 10.5 Å². The molecule has 0 radical (unpaired) electrons. The number of aryl methyl sites for hydroxylation is 1. The van der Waals surface area contributed by atoms with E-state index >= 15 is 0 Å². The maximum absolute atomic E-state index is 12.3. The summed E-state index contributed by atoms with van der Waals surface area (Å²) in [6, 6.07) is 15.0. The number of carbonyl (C=O) groups excluding carboxylic acids is 1. The van der Waals surface area contributed by atoms with E-state index in [0.717, 1.165) is 16.8 Å². The maximum atomic E-state index is 12.3. The molecular formula is C15H15N3O2. The Morgan fingerprint density at radius 2 is 1.85 bits per heavy atom. The van der Waals surface area contributed by atoms with Gasteiger partial charge in [-0.3, -0.25) is 10.7 Å². The first kappa shape index (κ1) is 12.7. The summed E-state index contributed by atoms with van der Waals surface area (Å²) in [4.78, 5) is 13.8. The van der Waals surface area contributed by atoms with Crippen molar-refractivity contribution >= 4 is 11.8 Å². The highest BCUT2D eigenvalue weighted by Crippen LogP contribution is 2.36. The van der Waals surface area contributed by atoms with Gasteiger partial charge in [0.1, 0.15) is 11.9 Å². The van der Waals surface area contributed by atoms with Gasteiger partial charge in [0, 0.05) is 5.56 Å². The third-order valence-corrected chi connectivity index (χ3v) is 3.40. The summed E-state index contributed by atoms with van der Waals surface area (Å²) in [5, 5.41) is 0. The second-order valence-electron chi connectivity index (χ2n) is 4.63. The summed E-state index contributed by atoms with van der Waals surface area (Å²) in [5.41, 5.74) is 5.27. The van der Waals surface area contributed by atoms with Crippen LogP contribution in [-0.4, -0.2) is 6.09 Å². The molecule has 1 amide bonds. The van der Waals surface area contributed by atoms with Crippen molar-refractivity contribution in [2.45, 2.75) is 13.1 Å². The van der Waals surface area contributed by atoms with Crippen LogP contribution in [0.1, 0.15) is 17.3 Å². The number of amides is 1. The van der Waals surface area contributed by atoms with Crippen molar-refractivity contribution in [2.75, 3.05) is 4.90 Å². The van der Waals surface area contributed by atoms with Crippen molar-refractivity contribution in [3.8, 4) is 5.75 Å². The molecule has 5 nitrogen and oxygen atoms in total. The second kappa shape index (κ2) is 4.96. The van der Waals surface area contributed by atoms with Crippen LogP contribution in [0.25, 0.3) is 0 Å². The fourth-order valence-electron chi connectivity index (χ4n) is 2.42. The first-order chi connectivity index (χ1) is 9.72. The molecule has 3 rings (SSSR count). The van der Waals surface area contributed by atoms with Gasteiger partial charge in [-0.15, -0.1) is 0 Å². The van der Waals surface area contributed by atoms with Gasteiger partial charge in [0.2, 0.25) is 0 Å². The van der Waals surface area contributed by atoms with Crippen LogP contribution in [0.15, 0.2) is 48.5 Å². The van der Waals surface area contributed by atoms with Gasteiger partial charge >= 0.3 is 6.09 Å². The number of hydrazine groups is 1. The molecule has 102 valence electrons. The number of ether oxygens (including phenoxy) is 1. The maximum Gasteiger partial charge on any atom is 0.421 e. The third-order valence-electron chi connectivity index (χ3n) is 3.40. The van der Waals surface area contributed by atoms with Gasteiger partial charge in [-0.2, -0.15) is 0 Å². The van der Waals surface area contributed by atoms with Crippen LogP contribution >= 0.6 is 0 Å². The number of nitrogens with one attached hydrogen (secondary N) is 1. The molecule has 0 aliphatic carbocycles. The molecule has 0 bridgehead atoms. The topological polar surface area (TPSA) is 67.6 Å². The summed E-state index contributed by atoms with van der Waals surface area (Å²) in [6.07, 6.45) is -0.894. The summed E-state index contributed by atoms with van der Waals surface area (Å²) < 4.78 is 5.38. The van der Waals surface area contributed by atoms with E-state index in [-0.39, 0.29) is 0 Å². The van der Waals surface area contributed by atoms with Gasteiger partial charge in [0.05, 0.1) is 5.69 Å². The van der Waals surface area contributed by atoms with Gasteiger partial charge < -0.3 is 4.74 Å². The van der Waals surface area contributed by atoms with E-state index in [1.165, 1.54) is 4.90 Å². The zero-order chi connectivity index (χ0) is 14.1. The SMILES string of the molecule is Cc1ccccc1N1C(=O)Oc2ccccc2C1NN. The summed E-state index contributed by atoms with van der Waals surface area (Å²) in [5.74, 6) is 6.19. The van der Waals surface area contributed by atoms with E-state index in [4.69, 9.17) is 10.6 Å². The van der Waals surface area contributed by atoms with E-state index in [1.54, 1.807) is 6.07 Å². The Hall–Kier alpha value is -2.37.